The molecule has 2 aromatic carbocycles. The van der Waals surface area contributed by atoms with Crippen molar-refractivity contribution in [1.82, 2.24) is 9.78 Å². The molecular weight excluding hydrogens is 500 g/mol. The van der Waals surface area contributed by atoms with Crippen LogP contribution in [0.5, 0.6) is 0 Å². The predicted molar refractivity (Wildman–Crippen MR) is 122 cm³/mol. The number of aromatic nitrogens is 2. The summed E-state index contributed by atoms with van der Waals surface area (Å²) in [5, 5.41) is 2.76. The van der Waals surface area contributed by atoms with E-state index in [0.717, 1.165) is 32.3 Å². The third-order valence-corrected chi connectivity index (χ3v) is 4.64. The van der Waals surface area contributed by atoms with E-state index in [1.165, 1.54) is 0 Å². The Morgan fingerprint density at radius 2 is 1.76 bits per heavy atom. The van der Waals surface area contributed by atoms with Gasteiger partial charge in [0.05, 0.1) is 12.3 Å². The summed E-state index contributed by atoms with van der Waals surface area (Å²) in [5.41, 5.74) is 2.67. The Hall–Kier alpha value is -2.56. The average molecular weight is 520 g/mol. The van der Waals surface area contributed by atoms with Crippen LogP contribution in [0.2, 0.25) is 0 Å². The first-order chi connectivity index (χ1) is 13.9. The minimum atomic E-state index is -0.493. The lowest BCUT2D eigenvalue weighted by Gasteiger charge is -2.05. The van der Waals surface area contributed by atoms with Crippen molar-refractivity contribution >= 4 is 37.8 Å². The first kappa shape index (κ1) is 22.7. The summed E-state index contributed by atoms with van der Waals surface area (Å²) in [5.74, 6) is 4.62. The zero-order valence-corrected chi connectivity index (χ0v) is 19.2. The Bertz CT molecular complexity index is 1090. The number of H-pyrrole nitrogens is 1. The fourth-order valence-electron chi connectivity index (χ4n) is 2.42. The Balaban J connectivity index is 0.000000208. The van der Waals surface area contributed by atoms with Crippen molar-refractivity contribution in [3.05, 3.63) is 79.5 Å². The van der Waals surface area contributed by atoms with E-state index >= 15 is 0 Å². The minimum absolute atomic E-state index is 0.0631. The number of aryl methyl sites for hydroxylation is 1. The number of esters is 1. The third kappa shape index (κ3) is 7.41. The van der Waals surface area contributed by atoms with Crippen LogP contribution in [0.25, 0.3) is 11.3 Å². The Kier molecular flexibility index (Phi) is 8.97. The van der Waals surface area contributed by atoms with Gasteiger partial charge in [-0.25, -0.2) is 4.79 Å². The molecule has 0 spiro atoms. The molecule has 7 heteroatoms. The summed E-state index contributed by atoms with van der Waals surface area (Å²) in [6, 6.07) is 16.9. The van der Waals surface area contributed by atoms with Crippen LogP contribution in [0, 0.1) is 11.8 Å². The maximum absolute atomic E-state index is 11.2. The Labute approximate surface area is 186 Å². The molecule has 0 atom stereocenters. The van der Waals surface area contributed by atoms with Crippen molar-refractivity contribution in [2.75, 3.05) is 6.61 Å². The number of hydrogen-bond acceptors (Lipinski definition) is 3. The number of nitrogens with one attached hydrogen (secondary N) is 1. The summed E-state index contributed by atoms with van der Waals surface area (Å²) >= 11 is 6.73. The van der Waals surface area contributed by atoms with E-state index in [2.05, 4.69) is 53.5 Å². The zero-order valence-electron chi connectivity index (χ0n) is 16.0. The van der Waals surface area contributed by atoms with Crippen LogP contribution in [0.1, 0.15) is 19.4 Å². The first-order valence-corrected chi connectivity index (χ1v) is 10.5. The largest absolute Gasteiger partial charge is 0.456 e. The second-order valence-electron chi connectivity index (χ2n) is 5.74. The second kappa shape index (κ2) is 11.4. The fraction of sp³-hybridized carbons (Fsp3) is 0.182. The second-order valence-corrected chi connectivity index (χ2v) is 7.57. The third-order valence-electron chi connectivity index (χ3n) is 3.65. The molecule has 0 saturated heterocycles. The molecule has 3 aromatic rings. The van der Waals surface area contributed by atoms with E-state index in [1.807, 2.05) is 60.1 Å². The van der Waals surface area contributed by atoms with Gasteiger partial charge >= 0.3 is 5.97 Å². The van der Waals surface area contributed by atoms with Crippen molar-refractivity contribution in [2.45, 2.75) is 20.4 Å². The van der Waals surface area contributed by atoms with E-state index < -0.39 is 5.97 Å². The molecule has 1 aromatic heterocycles. The summed E-state index contributed by atoms with van der Waals surface area (Å²) in [6.07, 6.45) is 0. The first-order valence-electron chi connectivity index (χ1n) is 8.93. The molecule has 0 bridgehead atoms. The average Bonchev–Trinajstić information content (AvgIpc) is 3.08. The predicted octanol–water partition coefficient (Wildman–Crippen LogP) is 4.99. The topological polar surface area (TPSA) is 64.1 Å². The van der Waals surface area contributed by atoms with Gasteiger partial charge in [-0.05, 0) is 44.2 Å². The highest BCUT2D eigenvalue weighted by atomic mass is 79.9. The fourth-order valence-corrected chi connectivity index (χ4v) is 3.22. The molecule has 150 valence electrons. The van der Waals surface area contributed by atoms with Crippen molar-refractivity contribution in [2.24, 2.45) is 0 Å². The van der Waals surface area contributed by atoms with Gasteiger partial charge in [0.25, 0.3) is 5.56 Å². The number of carbonyl (C=O) groups is 1. The van der Waals surface area contributed by atoms with Gasteiger partial charge in [-0.15, -0.1) is 0 Å². The highest BCUT2D eigenvalue weighted by Gasteiger charge is 2.05. The van der Waals surface area contributed by atoms with Gasteiger partial charge in [-0.1, -0.05) is 56.0 Å². The van der Waals surface area contributed by atoms with Crippen molar-refractivity contribution in [3.8, 4) is 23.1 Å². The molecular formula is C22H20Br2N2O3. The number of carbonyl (C=O) groups excluding carboxylic acids is 1. The monoisotopic (exact) mass is 518 g/mol. The molecule has 3 rings (SSSR count). The molecule has 29 heavy (non-hydrogen) atoms. The standard InChI is InChI=1S/C11H11BrN2O.C11H9BrO2/c1-2-14-10(7-11(15)13-14)8-4-3-5-9(12)6-8;1-2-14-11(13)7-6-9-4-3-5-10(12)8-9/h3-7H,2H2,1H3,(H,13,15);3-5,8H,2H2,1H3. The SMILES string of the molecule is CCOC(=O)C#Cc1cccc(Br)c1.CCn1[nH]c(=O)cc1-c1cccc(Br)c1. The number of benzene rings is 2. The molecule has 0 radical (unpaired) electrons. The molecule has 0 amide bonds. The highest BCUT2D eigenvalue weighted by molar-refractivity contribution is 9.10. The number of ether oxygens (including phenoxy) is 1. The van der Waals surface area contributed by atoms with Gasteiger partial charge in [-0.2, -0.15) is 0 Å². The van der Waals surface area contributed by atoms with Crippen LogP contribution >= 0.6 is 31.9 Å². The van der Waals surface area contributed by atoms with Gasteiger partial charge in [0.2, 0.25) is 0 Å². The van der Waals surface area contributed by atoms with Gasteiger partial charge in [-0.3, -0.25) is 14.6 Å². The van der Waals surface area contributed by atoms with Crippen LogP contribution in [-0.4, -0.2) is 22.4 Å². The summed E-state index contributed by atoms with van der Waals surface area (Å²) in [7, 11) is 0. The summed E-state index contributed by atoms with van der Waals surface area (Å²) in [6.45, 7) is 4.85. The minimum Gasteiger partial charge on any atom is -0.456 e. The molecule has 0 unspecified atom stereocenters. The molecule has 0 fully saturated rings. The molecule has 1 N–H and O–H groups in total. The van der Waals surface area contributed by atoms with Gasteiger partial charge in [0, 0.05) is 38.6 Å². The summed E-state index contributed by atoms with van der Waals surface area (Å²) in [4.78, 5) is 22.1. The van der Waals surface area contributed by atoms with Gasteiger partial charge in [0.15, 0.2) is 0 Å². The Morgan fingerprint density at radius 1 is 1.07 bits per heavy atom. The summed E-state index contributed by atoms with van der Waals surface area (Å²) < 4.78 is 8.46. The van der Waals surface area contributed by atoms with Gasteiger partial charge < -0.3 is 4.74 Å². The molecule has 0 aliphatic carbocycles. The lowest BCUT2D eigenvalue weighted by molar-refractivity contribution is -0.136. The molecule has 5 nitrogen and oxygen atoms in total. The zero-order chi connectivity index (χ0) is 21.2. The van der Waals surface area contributed by atoms with Gasteiger partial charge in [0.1, 0.15) is 0 Å². The van der Waals surface area contributed by atoms with E-state index in [1.54, 1.807) is 13.0 Å². The number of hydrogen-bond donors (Lipinski definition) is 1. The number of halogens is 2. The molecule has 0 aliphatic rings. The molecule has 0 aliphatic heterocycles. The van der Waals surface area contributed by atoms with E-state index in [0.29, 0.717) is 6.61 Å². The number of nitrogens with zero attached hydrogens (tertiary/aromatic N) is 1. The number of rotatable bonds is 3. The van der Waals surface area contributed by atoms with Crippen molar-refractivity contribution in [1.29, 1.82) is 0 Å². The maximum Gasteiger partial charge on any atom is 0.384 e. The normalized spacial score (nSPS) is 9.66. The van der Waals surface area contributed by atoms with Crippen molar-refractivity contribution < 1.29 is 9.53 Å². The van der Waals surface area contributed by atoms with Crippen LogP contribution in [0.3, 0.4) is 0 Å². The van der Waals surface area contributed by atoms with Crippen LogP contribution < -0.4 is 5.56 Å². The van der Waals surface area contributed by atoms with Crippen LogP contribution in [-0.2, 0) is 16.1 Å². The Morgan fingerprint density at radius 3 is 2.38 bits per heavy atom. The lowest BCUT2D eigenvalue weighted by atomic mass is 10.1. The smallest absolute Gasteiger partial charge is 0.384 e. The van der Waals surface area contributed by atoms with Crippen molar-refractivity contribution in [3.63, 3.8) is 0 Å². The molecule has 1 heterocycles. The van der Waals surface area contributed by atoms with Crippen LogP contribution in [0.15, 0.2) is 68.3 Å². The van der Waals surface area contributed by atoms with E-state index in [4.69, 9.17) is 0 Å². The lowest BCUT2D eigenvalue weighted by Crippen LogP contribution is -2.04. The van der Waals surface area contributed by atoms with E-state index in [9.17, 15) is 9.59 Å². The number of aromatic amines is 1. The molecule has 0 saturated carbocycles. The maximum atomic E-state index is 11.2. The highest BCUT2D eigenvalue weighted by Crippen LogP contribution is 2.21. The van der Waals surface area contributed by atoms with E-state index in [-0.39, 0.29) is 5.56 Å². The quantitative estimate of drug-likeness (QED) is 0.391. The van der Waals surface area contributed by atoms with Crippen LogP contribution in [0.4, 0.5) is 0 Å².